The van der Waals surface area contributed by atoms with E-state index in [0.29, 0.717) is 13.1 Å². The van der Waals surface area contributed by atoms with E-state index in [1.165, 1.54) is 5.56 Å². The smallest absolute Gasteiger partial charge is 0.317 e. The molecule has 0 aliphatic carbocycles. The van der Waals surface area contributed by atoms with Crippen molar-refractivity contribution in [1.29, 1.82) is 0 Å². The summed E-state index contributed by atoms with van der Waals surface area (Å²) >= 11 is 3.41. The molecule has 0 aromatic heterocycles. The third kappa shape index (κ3) is 5.53. The number of aryl methyl sites for hydroxylation is 1. The maximum atomic E-state index is 12.0. The first-order chi connectivity index (χ1) is 10.6. The van der Waals surface area contributed by atoms with E-state index >= 15 is 0 Å². The number of urea groups is 1. The summed E-state index contributed by atoms with van der Waals surface area (Å²) < 4.78 is 1.05. The Morgan fingerprint density at radius 2 is 1.73 bits per heavy atom. The summed E-state index contributed by atoms with van der Waals surface area (Å²) in [5, 5.41) is 2.96. The number of amides is 2. The van der Waals surface area contributed by atoms with Gasteiger partial charge >= 0.3 is 6.03 Å². The van der Waals surface area contributed by atoms with E-state index in [0.717, 1.165) is 22.9 Å². The van der Waals surface area contributed by atoms with Crippen molar-refractivity contribution in [2.75, 3.05) is 13.6 Å². The third-order valence-corrected chi connectivity index (χ3v) is 3.97. The zero-order valence-electron chi connectivity index (χ0n) is 12.8. The molecule has 116 valence electrons. The maximum absolute atomic E-state index is 12.0. The van der Waals surface area contributed by atoms with Crippen molar-refractivity contribution in [1.82, 2.24) is 10.2 Å². The zero-order chi connectivity index (χ0) is 15.8. The molecule has 0 fully saturated rings. The number of benzene rings is 2. The van der Waals surface area contributed by atoms with E-state index in [-0.39, 0.29) is 6.03 Å². The fraction of sp³-hybridized carbons (Fsp3) is 0.278. The molecule has 3 nitrogen and oxygen atoms in total. The molecule has 0 saturated carbocycles. The van der Waals surface area contributed by atoms with E-state index < -0.39 is 0 Å². The summed E-state index contributed by atoms with van der Waals surface area (Å²) in [6.45, 7) is 1.30. The van der Waals surface area contributed by atoms with Crippen molar-refractivity contribution < 1.29 is 4.79 Å². The van der Waals surface area contributed by atoms with Crippen LogP contribution in [-0.2, 0) is 13.0 Å². The SMILES string of the molecule is CN(Cc1ccc(Br)cc1)C(=O)NCCCc1ccccc1. The Morgan fingerprint density at radius 1 is 1.05 bits per heavy atom. The zero-order valence-corrected chi connectivity index (χ0v) is 14.3. The molecular formula is C18H21BrN2O. The Morgan fingerprint density at radius 3 is 2.41 bits per heavy atom. The standard InChI is InChI=1S/C18H21BrN2O/c1-21(14-16-9-11-17(19)12-10-16)18(22)20-13-5-8-15-6-3-2-4-7-15/h2-4,6-7,9-12H,5,8,13-14H2,1H3,(H,20,22). The lowest BCUT2D eigenvalue weighted by atomic mass is 10.1. The Balaban J connectivity index is 1.69. The van der Waals surface area contributed by atoms with E-state index in [2.05, 4.69) is 33.4 Å². The van der Waals surface area contributed by atoms with Gasteiger partial charge < -0.3 is 10.2 Å². The molecule has 0 aliphatic rings. The van der Waals surface area contributed by atoms with Crippen molar-refractivity contribution in [2.24, 2.45) is 0 Å². The van der Waals surface area contributed by atoms with Gasteiger partial charge in [-0.3, -0.25) is 0 Å². The normalized spacial score (nSPS) is 10.3. The molecule has 0 aliphatic heterocycles. The van der Waals surface area contributed by atoms with Crippen molar-refractivity contribution in [3.05, 3.63) is 70.2 Å². The van der Waals surface area contributed by atoms with Crippen molar-refractivity contribution in [2.45, 2.75) is 19.4 Å². The molecule has 2 amide bonds. The molecule has 0 bridgehead atoms. The van der Waals surface area contributed by atoms with Gasteiger partial charge in [-0.15, -0.1) is 0 Å². The molecule has 0 unspecified atom stereocenters. The van der Waals surface area contributed by atoms with Crippen LogP contribution in [0.3, 0.4) is 0 Å². The van der Waals surface area contributed by atoms with Crippen LogP contribution in [0.2, 0.25) is 0 Å². The van der Waals surface area contributed by atoms with Gasteiger partial charge in [-0.2, -0.15) is 0 Å². The molecule has 0 heterocycles. The Kier molecular flexibility index (Phi) is 6.46. The van der Waals surface area contributed by atoms with Gasteiger partial charge in [0.05, 0.1) is 0 Å². The number of rotatable bonds is 6. The number of halogens is 1. The lowest BCUT2D eigenvalue weighted by Crippen LogP contribution is -2.37. The number of nitrogens with one attached hydrogen (secondary N) is 1. The molecule has 0 saturated heterocycles. The van der Waals surface area contributed by atoms with Gasteiger partial charge in [-0.05, 0) is 36.1 Å². The predicted octanol–water partition coefficient (Wildman–Crippen LogP) is 4.22. The highest BCUT2D eigenvalue weighted by molar-refractivity contribution is 9.10. The second-order valence-electron chi connectivity index (χ2n) is 5.30. The van der Waals surface area contributed by atoms with Crippen LogP contribution in [0, 0.1) is 0 Å². The van der Waals surface area contributed by atoms with Gasteiger partial charge in [0.1, 0.15) is 0 Å². The average molecular weight is 361 g/mol. The van der Waals surface area contributed by atoms with Crippen LogP contribution in [0.25, 0.3) is 0 Å². The third-order valence-electron chi connectivity index (χ3n) is 3.44. The van der Waals surface area contributed by atoms with Gasteiger partial charge in [0.15, 0.2) is 0 Å². The number of nitrogens with zero attached hydrogens (tertiary/aromatic N) is 1. The quantitative estimate of drug-likeness (QED) is 0.768. The number of carbonyl (C=O) groups excluding carboxylic acids is 1. The Labute approximate surface area is 140 Å². The lowest BCUT2D eigenvalue weighted by Gasteiger charge is -2.18. The highest BCUT2D eigenvalue weighted by atomic mass is 79.9. The van der Waals surface area contributed by atoms with Gasteiger partial charge in [0.25, 0.3) is 0 Å². The van der Waals surface area contributed by atoms with E-state index in [1.54, 1.807) is 4.90 Å². The second kappa shape index (κ2) is 8.59. The summed E-state index contributed by atoms with van der Waals surface area (Å²) in [6, 6.07) is 18.3. The van der Waals surface area contributed by atoms with Gasteiger partial charge in [-0.1, -0.05) is 58.4 Å². The highest BCUT2D eigenvalue weighted by Crippen LogP contribution is 2.11. The van der Waals surface area contributed by atoms with Crippen LogP contribution < -0.4 is 5.32 Å². The van der Waals surface area contributed by atoms with Crippen molar-refractivity contribution in [3.8, 4) is 0 Å². The Bertz CT molecular complexity index is 584. The second-order valence-corrected chi connectivity index (χ2v) is 6.22. The molecule has 4 heteroatoms. The summed E-state index contributed by atoms with van der Waals surface area (Å²) in [4.78, 5) is 13.7. The summed E-state index contributed by atoms with van der Waals surface area (Å²) in [5.74, 6) is 0. The minimum atomic E-state index is -0.0315. The fourth-order valence-electron chi connectivity index (χ4n) is 2.20. The van der Waals surface area contributed by atoms with Gasteiger partial charge in [0, 0.05) is 24.6 Å². The van der Waals surface area contributed by atoms with Crippen LogP contribution >= 0.6 is 15.9 Å². The predicted molar refractivity (Wildman–Crippen MR) is 93.8 cm³/mol. The Hall–Kier alpha value is -1.81. The molecule has 1 N–H and O–H groups in total. The summed E-state index contributed by atoms with van der Waals surface area (Å²) in [5.41, 5.74) is 2.42. The maximum Gasteiger partial charge on any atom is 0.317 e. The van der Waals surface area contributed by atoms with Gasteiger partial charge in [0.2, 0.25) is 0 Å². The van der Waals surface area contributed by atoms with E-state index in [9.17, 15) is 4.79 Å². The van der Waals surface area contributed by atoms with Crippen molar-refractivity contribution >= 4 is 22.0 Å². The highest BCUT2D eigenvalue weighted by Gasteiger charge is 2.08. The molecule has 0 spiro atoms. The average Bonchev–Trinajstić information content (AvgIpc) is 2.54. The van der Waals surface area contributed by atoms with Crippen LogP contribution in [0.15, 0.2) is 59.1 Å². The molecule has 22 heavy (non-hydrogen) atoms. The van der Waals surface area contributed by atoms with Crippen LogP contribution in [0.1, 0.15) is 17.5 Å². The monoisotopic (exact) mass is 360 g/mol. The number of carbonyl (C=O) groups is 1. The van der Waals surface area contributed by atoms with Gasteiger partial charge in [-0.25, -0.2) is 4.79 Å². The minimum absolute atomic E-state index is 0.0315. The summed E-state index contributed by atoms with van der Waals surface area (Å²) in [6.07, 6.45) is 1.93. The van der Waals surface area contributed by atoms with Crippen molar-refractivity contribution in [3.63, 3.8) is 0 Å². The van der Waals surface area contributed by atoms with E-state index in [4.69, 9.17) is 0 Å². The minimum Gasteiger partial charge on any atom is -0.338 e. The van der Waals surface area contributed by atoms with Crippen LogP contribution in [-0.4, -0.2) is 24.5 Å². The first kappa shape index (κ1) is 16.6. The largest absolute Gasteiger partial charge is 0.338 e. The van der Waals surface area contributed by atoms with Crippen LogP contribution in [0.4, 0.5) is 4.79 Å². The number of hydrogen-bond acceptors (Lipinski definition) is 1. The lowest BCUT2D eigenvalue weighted by molar-refractivity contribution is 0.207. The topological polar surface area (TPSA) is 32.3 Å². The first-order valence-corrected chi connectivity index (χ1v) is 8.22. The molecule has 2 aromatic rings. The fourth-order valence-corrected chi connectivity index (χ4v) is 2.47. The molecule has 0 atom stereocenters. The first-order valence-electron chi connectivity index (χ1n) is 7.42. The molecule has 2 rings (SSSR count). The van der Waals surface area contributed by atoms with E-state index in [1.807, 2.05) is 49.5 Å². The molecular weight excluding hydrogens is 340 g/mol. The van der Waals surface area contributed by atoms with Crippen LogP contribution in [0.5, 0.6) is 0 Å². The number of hydrogen-bond donors (Lipinski definition) is 1. The summed E-state index contributed by atoms with van der Waals surface area (Å²) in [7, 11) is 1.81. The molecule has 0 radical (unpaired) electrons. The molecule has 2 aromatic carbocycles.